The topological polar surface area (TPSA) is 76.1 Å². The minimum atomic E-state index is -0.318. The van der Waals surface area contributed by atoms with E-state index in [0.717, 1.165) is 0 Å². The lowest BCUT2D eigenvalue weighted by atomic mass is 10.3. The maximum Gasteiger partial charge on any atom is 0.323 e. The Hall–Kier alpha value is -1.50. The number of amides is 4. The van der Waals surface area contributed by atoms with Crippen molar-refractivity contribution >= 4 is 12.1 Å². The summed E-state index contributed by atoms with van der Waals surface area (Å²) in [7, 11) is 3.29. The van der Waals surface area contributed by atoms with Crippen LogP contribution in [-0.4, -0.2) is 71.4 Å². The Kier molecular flexibility index (Phi) is 2.18. The first kappa shape index (κ1) is 10.0. The molecule has 0 bridgehead atoms. The quantitative estimate of drug-likeness (QED) is 0.597. The van der Waals surface area contributed by atoms with Gasteiger partial charge in [-0.15, -0.1) is 0 Å². The predicted octanol–water partition coefficient (Wildman–Crippen LogP) is -1.35. The molecule has 0 aromatic carbocycles. The van der Waals surface area contributed by atoms with Gasteiger partial charge in [-0.3, -0.25) is 4.90 Å². The highest BCUT2D eigenvalue weighted by Gasteiger charge is 2.52. The molecule has 2 aliphatic heterocycles. The predicted molar refractivity (Wildman–Crippen MR) is 50.8 cm³/mol. The van der Waals surface area contributed by atoms with E-state index in [4.69, 9.17) is 5.11 Å². The zero-order chi connectivity index (χ0) is 11.2. The fraction of sp³-hybridized carbons (Fsp3) is 0.750. The normalized spacial score (nSPS) is 29.9. The highest BCUT2D eigenvalue weighted by molar-refractivity contribution is 5.84. The molecule has 2 fully saturated rings. The number of hydrogen-bond acceptors (Lipinski definition) is 3. The van der Waals surface area contributed by atoms with Gasteiger partial charge in [0.1, 0.15) is 12.3 Å². The second-order valence-electron chi connectivity index (χ2n) is 3.73. The number of hydrogen-bond donors (Lipinski definition) is 2. The minimum absolute atomic E-state index is 0.109. The van der Waals surface area contributed by atoms with Crippen LogP contribution >= 0.6 is 0 Å². The summed E-state index contributed by atoms with van der Waals surface area (Å²) in [5.74, 6) is 0. The van der Waals surface area contributed by atoms with E-state index in [9.17, 15) is 9.59 Å². The molecule has 0 aromatic heterocycles. The minimum Gasteiger partial charge on any atom is -0.395 e. The summed E-state index contributed by atoms with van der Waals surface area (Å²) in [4.78, 5) is 27.5. The average molecular weight is 214 g/mol. The lowest BCUT2D eigenvalue weighted by Crippen LogP contribution is -2.45. The van der Waals surface area contributed by atoms with E-state index >= 15 is 0 Å². The number of nitrogens with zero attached hydrogens (tertiary/aromatic N) is 3. The summed E-state index contributed by atoms with van der Waals surface area (Å²) >= 11 is 0. The van der Waals surface area contributed by atoms with Crippen LogP contribution < -0.4 is 5.32 Å². The van der Waals surface area contributed by atoms with Gasteiger partial charge in [-0.25, -0.2) is 9.59 Å². The van der Waals surface area contributed by atoms with Crippen LogP contribution in [0.3, 0.4) is 0 Å². The van der Waals surface area contributed by atoms with Crippen LogP contribution in [0.15, 0.2) is 0 Å². The van der Waals surface area contributed by atoms with Gasteiger partial charge >= 0.3 is 12.1 Å². The highest BCUT2D eigenvalue weighted by atomic mass is 16.3. The van der Waals surface area contributed by atoms with Gasteiger partial charge in [-0.2, -0.15) is 0 Å². The molecule has 7 heteroatoms. The van der Waals surface area contributed by atoms with Gasteiger partial charge in [0, 0.05) is 20.6 Å². The third-order valence-electron chi connectivity index (χ3n) is 2.89. The molecule has 15 heavy (non-hydrogen) atoms. The van der Waals surface area contributed by atoms with Crippen molar-refractivity contribution in [2.24, 2.45) is 0 Å². The standard InChI is InChI=1S/C8H14N4O3/c1-10-5-6(11(2)8(10)15)12(3-4-13)7(14)9-5/h5-6,13H,3-4H2,1-2H3,(H,9,14)/t5-,6-/m0/s1. The molecule has 2 atom stereocenters. The molecule has 2 aliphatic rings. The summed E-state index contributed by atoms with van der Waals surface area (Å²) in [5, 5.41) is 11.5. The molecule has 2 heterocycles. The van der Waals surface area contributed by atoms with E-state index in [2.05, 4.69) is 5.32 Å². The number of fused-ring (bicyclic) bond motifs is 1. The van der Waals surface area contributed by atoms with Crippen molar-refractivity contribution < 1.29 is 14.7 Å². The first-order valence-electron chi connectivity index (χ1n) is 4.75. The molecule has 0 saturated carbocycles. The van der Waals surface area contributed by atoms with E-state index in [1.54, 1.807) is 14.1 Å². The van der Waals surface area contributed by atoms with Crippen LogP contribution in [0.4, 0.5) is 9.59 Å². The Morgan fingerprint density at radius 2 is 2.00 bits per heavy atom. The van der Waals surface area contributed by atoms with Gasteiger partial charge in [0.2, 0.25) is 0 Å². The largest absolute Gasteiger partial charge is 0.395 e. The molecule has 7 nitrogen and oxygen atoms in total. The third kappa shape index (κ3) is 1.23. The van der Waals surface area contributed by atoms with Crippen LogP contribution in [-0.2, 0) is 0 Å². The first-order valence-corrected chi connectivity index (χ1v) is 4.75. The number of aliphatic hydroxyl groups is 1. The number of carbonyl (C=O) groups excluding carboxylic acids is 2. The van der Waals surface area contributed by atoms with Crippen molar-refractivity contribution in [2.45, 2.75) is 12.3 Å². The van der Waals surface area contributed by atoms with Crippen LogP contribution in [0.1, 0.15) is 0 Å². The fourth-order valence-corrected chi connectivity index (χ4v) is 2.11. The second-order valence-corrected chi connectivity index (χ2v) is 3.73. The van der Waals surface area contributed by atoms with Crippen molar-refractivity contribution in [3.8, 4) is 0 Å². The summed E-state index contributed by atoms with van der Waals surface area (Å²) in [6.45, 7) is 0.126. The smallest absolute Gasteiger partial charge is 0.323 e. The molecule has 0 spiro atoms. The van der Waals surface area contributed by atoms with Gasteiger partial charge in [0.25, 0.3) is 0 Å². The van der Waals surface area contributed by atoms with E-state index in [1.807, 2.05) is 0 Å². The summed E-state index contributed by atoms with van der Waals surface area (Å²) in [5.41, 5.74) is 0. The van der Waals surface area contributed by atoms with Gasteiger partial charge < -0.3 is 20.2 Å². The molecule has 2 N–H and O–H groups in total. The summed E-state index contributed by atoms with van der Waals surface area (Å²) in [6.07, 6.45) is -0.635. The number of rotatable bonds is 2. The molecular formula is C8H14N4O3. The van der Waals surface area contributed by atoms with Crippen LogP contribution in [0.25, 0.3) is 0 Å². The second kappa shape index (κ2) is 3.27. The Morgan fingerprint density at radius 1 is 1.33 bits per heavy atom. The molecule has 2 rings (SSSR count). The zero-order valence-corrected chi connectivity index (χ0v) is 8.67. The Bertz CT molecular complexity index is 308. The van der Waals surface area contributed by atoms with E-state index in [1.165, 1.54) is 14.7 Å². The van der Waals surface area contributed by atoms with E-state index in [-0.39, 0.29) is 37.5 Å². The van der Waals surface area contributed by atoms with E-state index < -0.39 is 0 Å². The van der Waals surface area contributed by atoms with Crippen LogP contribution in [0.2, 0.25) is 0 Å². The van der Waals surface area contributed by atoms with Crippen molar-refractivity contribution in [2.75, 3.05) is 27.2 Å². The van der Waals surface area contributed by atoms with Crippen molar-refractivity contribution in [3.05, 3.63) is 0 Å². The number of nitrogens with one attached hydrogen (secondary N) is 1. The number of urea groups is 2. The molecule has 2 saturated heterocycles. The summed E-state index contributed by atoms with van der Waals surface area (Å²) < 4.78 is 0. The van der Waals surface area contributed by atoms with Crippen molar-refractivity contribution in [3.63, 3.8) is 0 Å². The molecule has 0 aliphatic carbocycles. The number of aliphatic hydroxyl groups excluding tert-OH is 1. The van der Waals surface area contributed by atoms with Gasteiger partial charge in [-0.05, 0) is 0 Å². The maximum atomic E-state index is 11.6. The highest BCUT2D eigenvalue weighted by Crippen LogP contribution is 2.25. The number of likely N-dealkylation sites (N-methyl/N-ethyl adjacent to an activating group) is 2. The maximum absolute atomic E-state index is 11.6. The monoisotopic (exact) mass is 214 g/mol. The molecule has 4 amide bonds. The van der Waals surface area contributed by atoms with Gasteiger partial charge in [-0.1, -0.05) is 0 Å². The Morgan fingerprint density at radius 3 is 2.60 bits per heavy atom. The molecule has 0 unspecified atom stereocenters. The average Bonchev–Trinajstić information content (AvgIpc) is 2.62. The molecular weight excluding hydrogens is 200 g/mol. The van der Waals surface area contributed by atoms with Gasteiger partial charge in [0.05, 0.1) is 6.61 Å². The lowest BCUT2D eigenvalue weighted by Gasteiger charge is -2.25. The SMILES string of the molecule is CN1C(=O)N(C)[C@@H]2[C@H]1NC(=O)N2CCO. The van der Waals surface area contributed by atoms with Crippen LogP contribution in [0.5, 0.6) is 0 Å². The third-order valence-corrected chi connectivity index (χ3v) is 2.89. The molecule has 0 radical (unpaired) electrons. The molecule has 84 valence electrons. The summed E-state index contributed by atoms with van der Waals surface area (Å²) in [6, 6.07) is -0.377. The number of carbonyl (C=O) groups is 2. The lowest BCUT2D eigenvalue weighted by molar-refractivity contribution is 0.126. The number of β-amino-alcohol motifs (C(OH)–C–C–N with tert-alkyl or cyclic N) is 1. The fourth-order valence-electron chi connectivity index (χ4n) is 2.11. The molecule has 0 aromatic rings. The first-order chi connectivity index (χ1) is 7.07. The van der Waals surface area contributed by atoms with Crippen molar-refractivity contribution in [1.82, 2.24) is 20.0 Å². The Balaban J connectivity index is 2.24. The van der Waals surface area contributed by atoms with Crippen molar-refractivity contribution in [1.29, 1.82) is 0 Å². The van der Waals surface area contributed by atoms with Gasteiger partial charge in [0.15, 0.2) is 0 Å². The van der Waals surface area contributed by atoms with E-state index in [0.29, 0.717) is 0 Å². The Labute approximate surface area is 87.2 Å². The zero-order valence-electron chi connectivity index (χ0n) is 8.67. The van der Waals surface area contributed by atoms with Crippen LogP contribution in [0, 0.1) is 0 Å².